The second kappa shape index (κ2) is 10.0. The van der Waals surface area contributed by atoms with E-state index >= 15 is 0 Å². The van der Waals surface area contributed by atoms with Crippen molar-refractivity contribution in [1.29, 1.82) is 0 Å². The molecule has 5 heteroatoms. The van der Waals surface area contributed by atoms with E-state index in [9.17, 15) is 4.79 Å². The number of carbonyl (C=O) groups is 1. The maximum absolute atomic E-state index is 10.4. The maximum atomic E-state index is 10.4. The standard InChI is InChI=1S/C16H25NO4/c1-3-21-15-11-13(8-9-14(15)20-2)12-17-10-6-4-5-7-16(18)19/h8-9,11,17H,3-7,10,12H2,1-2H3,(H,18,19). The predicted molar refractivity (Wildman–Crippen MR) is 82.0 cm³/mol. The van der Waals surface area contributed by atoms with E-state index in [0.29, 0.717) is 6.61 Å². The number of ether oxygens (including phenoxy) is 2. The molecular formula is C16H25NO4. The Balaban J connectivity index is 2.28. The molecule has 1 aromatic carbocycles. The molecule has 0 heterocycles. The quantitative estimate of drug-likeness (QED) is 0.614. The van der Waals surface area contributed by atoms with Gasteiger partial charge in [-0.25, -0.2) is 0 Å². The van der Waals surface area contributed by atoms with Crippen LogP contribution in [0.3, 0.4) is 0 Å². The molecule has 0 bridgehead atoms. The van der Waals surface area contributed by atoms with Gasteiger partial charge in [0.2, 0.25) is 0 Å². The number of benzene rings is 1. The first-order valence-electron chi connectivity index (χ1n) is 7.39. The second-order valence-corrected chi connectivity index (χ2v) is 4.80. The molecule has 0 saturated heterocycles. The Bertz CT molecular complexity index is 434. The van der Waals surface area contributed by atoms with Crippen LogP contribution in [-0.2, 0) is 11.3 Å². The summed E-state index contributed by atoms with van der Waals surface area (Å²) in [6.07, 6.45) is 2.93. The molecular weight excluding hydrogens is 270 g/mol. The minimum Gasteiger partial charge on any atom is -0.493 e. The van der Waals surface area contributed by atoms with Crippen LogP contribution in [0.5, 0.6) is 11.5 Å². The highest BCUT2D eigenvalue weighted by Crippen LogP contribution is 2.27. The largest absolute Gasteiger partial charge is 0.493 e. The Labute approximate surface area is 126 Å². The Kier molecular flexibility index (Phi) is 8.28. The van der Waals surface area contributed by atoms with Crippen molar-refractivity contribution < 1.29 is 19.4 Å². The minimum absolute atomic E-state index is 0.260. The van der Waals surface area contributed by atoms with Gasteiger partial charge in [-0.3, -0.25) is 4.79 Å². The summed E-state index contributed by atoms with van der Waals surface area (Å²) in [4.78, 5) is 10.4. The van der Waals surface area contributed by atoms with E-state index in [2.05, 4.69) is 5.32 Å². The molecule has 0 spiro atoms. The summed E-state index contributed by atoms with van der Waals surface area (Å²) in [7, 11) is 1.63. The van der Waals surface area contributed by atoms with Gasteiger partial charge in [-0.15, -0.1) is 0 Å². The first kappa shape index (κ1) is 17.3. The van der Waals surface area contributed by atoms with Gasteiger partial charge in [-0.1, -0.05) is 12.5 Å². The monoisotopic (exact) mass is 295 g/mol. The van der Waals surface area contributed by atoms with Gasteiger partial charge in [-0.05, 0) is 44.0 Å². The molecule has 1 aromatic rings. The molecule has 118 valence electrons. The van der Waals surface area contributed by atoms with E-state index in [4.69, 9.17) is 14.6 Å². The van der Waals surface area contributed by atoms with Crippen LogP contribution in [0, 0.1) is 0 Å². The molecule has 0 saturated carbocycles. The third kappa shape index (κ3) is 6.99. The summed E-state index contributed by atoms with van der Waals surface area (Å²) in [6, 6.07) is 5.91. The number of methoxy groups -OCH3 is 1. The molecule has 21 heavy (non-hydrogen) atoms. The number of rotatable bonds is 11. The third-order valence-corrected chi connectivity index (χ3v) is 3.10. The van der Waals surface area contributed by atoms with E-state index in [1.165, 1.54) is 0 Å². The topological polar surface area (TPSA) is 67.8 Å². The Morgan fingerprint density at radius 1 is 1.24 bits per heavy atom. The van der Waals surface area contributed by atoms with Crippen LogP contribution < -0.4 is 14.8 Å². The zero-order valence-corrected chi connectivity index (χ0v) is 12.9. The van der Waals surface area contributed by atoms with Gasteiger partial charge in [0.15, 0.2) is 11.5 Å². The summed E-state index contributed by atoms with van der Waals surface area (Å²) >= 11 is 0. The van der Waals surface area contributed by atoms with Crippen molar-refractivity contribution in [2.75, 3.05) is 20.3 Å². The fourth-order valence-corrected chi connectivity index (χ4v) is 2.04. The molecule has 5 nitrogen and oxygen atoms in total. The number of hydrogen-bond acceptors (Lipinski definition) is 4. The molecule has 0 radical (unpaired) electrons. The first-order chi connectivity index (χ1) is 10.2. The van der Waals surface area contributed by atoms with E-state index in [0.717, 1.165) is 49.4 Å². The second-order valence-electron chi connectivity index (χ2n) is 4.80. The molecule has 0 aliphatic rings. The molecule has 1 rings (SSSR count). The van der Waals surface area contributed by atoms with Gasteiger partial charge >= 0.3 is 5.97 Å². The average molecular weight is 295 g/mol. The average Bonchev–Trinajstić information content (AvgIpc) is 2.46. The fraction of sp³-hybridized carbons (Fsp3) is 0.562. The number of hydrogen-bond donors (Lipinski definition) is 2. The Morgan fingerprint density at radius 2 is 2.05 bits per heavy atom. The maximum Gasteiger partial charge on any atom is 0.303 e. The molecule has 0 amide bonds. The van der Waals surface area contributed by atoms with Crippen molar-refractivity contribution in [1.82, 2.24) is 5.32 Å². The number of carboxylic acids is 1. The highest BCUT2D eigenvalue weighted by Gasteiger charge is 2.05. The summed E-state index contributed by atoms with van der Waals surface area (Å²) in [5, 5.41) is 11.9. The van der Waals surface area contributed by atoms with Crippen LogP contribution in [0.25, 0.3) is 0 Å². The molecule has 2 N–H and O–H groups in total. The van der Waals surface area contributed by atoms with Crippen LogP contribution in [0.15, 0.2) is 18.2 Å². The highest BCUT2D eigenvalue weighted by molar-refractivity contribution is 5.66. The SMILES string of the molecule is CCOc1cc(CNCCCCCC(=O)O)ccc1OC. The van der Waals surface area contributed by atoms with Crippen molar-refractivity contribution in [2.24, 2.45) is 0 Å². The smallest absolute Gasteiger partial charge is 0.303 e. The van der Waals surface area contributed by atoms with Gasteiger partial charge in [0.25, 0.3) is 0 Å². The van der Waals surface area contributed by atoms with E-state index < -0.39 is 5.97 Å². The molecule has 0 aliphatic heterocycles. The fourth-order valence-electron chi connectivity index (χ4n) is 2.04. The van der Waals surface area contributed by atoms with Crippen LogP contribution in [0.1, 0.15) is 38.2 Å². The van der Waals surface area contributed by atoms with Crippen LogP contribution in [-0.4, -0.2) is 31.3 Å². The number of nitrogens with one attached hydrogen (secondary N) is 1. The van der Waals surface area contributed by atoms with E-state index in [1.54, 1.807) is 7.11 Å². The van der Waals surface area contributed by atoms with Crippen molar-refractivity contribution >= 4 is 5.97 Å². The zero-order chi connectivity index (χ0) is 15.5. The highest BCUT2D eigenvalue weighted by atomic mass is 16.5. The molecule has 0 aromatic heterocycles. The van der Waals surface area contributed by atoms with Gasteiger partial charge in [0.1, 0.15) is 0 Å². The van der Waals surface area contributed by atoms with Gasteiger partial charge in [0.05, 0.1) is 13.7 Å². The van der Waals surface area contributed by atoms with Gasteiger partial charge < -0.3 is 19.9 Å². The lowest BCUT2D eigenvalue weighted by Gasteiger charge is -2.11. The van der Waals surface area contributed by atoms with Crippen molar-refractivity contribution in [2.45, 2.75) is 39.2 Å². The van der Waals surface area contributed by atoms with Crippen molar-refractivity contribution in [3.05, 3.63) is 23.8 Å². The normalized spacial score (nSPS) is 10.4. The van der Waals surface area contributed by atoms with Crippen LogP contribution in [0.2, 0.25) is 0 Å². The van der Waals surface area contributed by atoms with Crippen LogP contribution in [0.4, 0.5) is 0 Å². The zero-order valence-electron chi connectivity index (χ0n) is 12.9. The van der Waals surface area contributed by atoms with Crippen molar-refractivity contribution in [3.8, 4) is 11.5 Å². The summed E-state index contributed by atoms with van der Waals surface area (Å²) in [6.45, 7) is 4.21. The lowest BCUT2D eigenvalue weighted by molar-refractivity contribution is -0.137. The predicted octanol–water partition coefficient (Wildman–Crippen LogP) is 2.83. The molecule has 0 fully saturated rings. The van der Waals surface area contributed by atoms with Gasteiger partial charge in [-0.2, -0.15) is 0 Å². The van der Waals surface area contributed by atoms with Crippen molar-refractivity contribution in [3.63, 3.8) is 0 Å². The summed E-state index contributed by atoms with van der Waals surface area (Å²) < 4.78 is 10.8. The van der Waals surface area contributed by atoms with E-state index in [1.807, 2.05) is 25.1 Å². The molecule has 0 atom stereocenters. The Hall–Kier alpha value is -1.75. The molecule has 0 aliphatic carbocycles. The van der Waals surface area contributed by atoms with Gasteiger partial charge in [0, 0.05) is 13.0 Å². The summed E-state index contributed by atoms with van der Waals surface area (Å²) in [5.41, 5.74) is 1.14. The number of unbranched alkanes of at least 4 members (excludes halogenated alkanes) is 2. The Morgan fingerprint density at radius 3 is 2.71 bits per heavy atom. The third-order valence-electron chi connectivity index (χ3n) is 3.10. The summed E-state index contributed by atoms with van der Waals surface area (Å²) in [5.74, 6) is 0.791. The minimum atomic E-state index is -0.718. The van der Waals surface area contributed by atoms with Crippen LogP contribution >= 0.6 is 0 Å². The number of aliphatic carboxylic acids is 1. The molecule has 0 unspecified atom stereocenters. The number of carboxylic acid groups (broad SMARTS) is 1. The lowest BCUT2D eigenvalue weighted by Crippen LogP contribution is -2.14. The van der Waals surface area contributed by atoms with E-state index in [-0.39, 0.29) is 6.42 Å². The lowest BCUT2D eigenvalue weighted by atomic mass is 10.1. The first-order valence-corrected chi connectivity index (χ1v) is 7.39.